The summed E-state index contributed by atoms with van der Waals surface area (Å²) in [5, 5.41) is 9.35. The first-order valence-electron chi connectivity index (χ1n) is 3.80. The Morgan fingerprint density at radius 2 is 1.69 bits per heavy atom. The molecule has 0 saturated heterocycles. The molecule has 0 bridgehead atoms. The van der Waals surface area contributed by atoms with Crippen LogP contribution in [-0.2, 0) is 5.72 Å². The van der Waals surface area contributed by atoms with Gasteiger partial charge in [0.05, 0.1) is 0 Å². The van der Waals surface area contributed by atoms with Gasteiger partial charge in [0.15, 0.2) is 0 Å². The van der Waals surface area contributed by atoms with Crippen molar-refractivity contribution in [3.05, 3.63) is 35.9 Å². The molecule has 1 rings (SSSR count). The van der Waals surface area contributed by atoms with Crippen molar-refractivity contribution in [3.8, 4) is 0 Å². The lowest BCUT2D eigenvalue weighted by Gasteiger charge is -2.29. The molecule has 0 heterocycles. The van der Waals surface area contributed by atoms with E-state index in [9.17, 15) is 13.9 Å². The molecule has 0 aliphatic heterocycles. The largest absolute Gasteiger partial charge is 0.367 e. The van der Waals surface area contributed by atoms with E-state index in [1.165, 1.54) is 12.1 Å². The first kappa shape index (κ1) is 10.1. The van der Waals surface area contributed by atoms with Gasteiger partial charge in [0, 0.05) is 12.5 Å². The van der Waals surface area contributed by atoms with E-state index in [4.69, 9.17) is 5.73 Å². The Kier molecular flexibility index (Phi) is 2.36. The molecule has 1 atom stereocenters. The normalized spacial score (nSPS) is 16.7. The first-order valence-corrected chi connectivity index (χ1v) is 3.80. The minimum atomic E-state index is -3.37. The Bertz CT molecular complexity index is 279. The van der Waals surface area contributed by atoms with Crippen LogP contribution in [0.3, 0.4) is 0 Å². The molecule has 0 fully saturated rings. The number of nitrogens with two attached hydrogens (primary N) is 1. The van der Waals surface area contributed by atoms with Crippen LogP contribution in [0.15, 0.2) is 30.3 Å². The number of rotatable bonds is 2. The van der Waals surface area contributed by atoms with E-state index in [-0.39, 0.29) is 5.56 Å². The van der Waals surface area contributed by atoms with Gasteiger partial charge < -0.3 is 5.11 Å². The van der Waals surface area contributed by atoms with E-state index >= 15 is 0 Å². The number of halogens is 2. The molecule has 0 spiro atoms. The molecule has 0 aromatic heterocycles. The molecule has 1 unspecified atom stereocenters. The van der Waals surface area contributed by atoms with Crippen molar-refractivity contribution in [2.45, 2.75) is 18.6 Å². The maximum atomic E-state index is 12.8. The molecule has 0 aliphatic rings. The summed E-state index contributed by atoms with van der Waals surface area (Å²) in [6.07, 6.45) is 0. The highest BCUT2D eigenvalue weighted by Gasteiger charge is 2.46. The van der Waals surface area contributed by atoms with Crippen LogP contribution in [0.1, 0.15) is 12.5 Å². The van der Waals surface area contributed by atoms with Crippen LogP contribution < -0.4 is 5.73 Å². The quantitative estimate of drug-likeness (QED) is 0.688. The van der Waals surface area contributed by atoms with Crippen LogP contribution in [0.25, 0.3) is 0 Å². The van der Waals surface area contributed by atoms with Crippen molar-refractivity contribution in [1.82, 2.24) is 0 Å². The standard InChI is InChI=1S/C9H11F2NO/c1-8(10,11)9(12,13)7-5-3-2-4-6-7/h2-6,13H,12H2,1H3. The maximum Gasteiger partial charge on any atom is 0.290 e. The second kappa shape index (κ2) is 3.05. The van der Waals surface area contributed by atoms with Crippen molar-refractivity contribution < 1.29 is 13.9 Å². The number of hydrogen-bond donors (Lipinski definition) is 2. The molecule has 2 nitrogen and oxygen atoms in total. The highest BCUT2D eigenvalue weighted by molar-refractivity contribution is 5.23. The van der Waals surface area contributed by atoms with Crippen molar-refractivity contribution in [1.29, 1.82) is 0 Å². The average Bonchev–Trinajstić information content (AvgIpc) is 2.04. The zero-order valence-electron chi connectivity index (χ0n) is 7.17. The Balaban J connectivity index is 3.08. The van der Waals surface area contributed by atoms with E-state index in [0.29, 0.717) is 6.92 Å². The third-order valence-corrected chi connectivity index (χ3v) is 1.88. The van der Waals surface area contributed by atoms with Crippen molar-refractivity contribution in [2.75, 3.05) is 0 Å². The summed E-state index contributed by atoms with van der Waals surface area (Å²) in [6, 6.07) is 7.46. The van der Waals surface area contributed by atoms with Gasteiger partial charge in [-0.2, -0.15) is 0 Å². The zero-order chi connectivity index (χ0) is 10.1. The van der Waals surface area contributed by atoms with Crippen LogP contribution in [0, 0.1) is 0 Å². The Hall–Kier alpha value is -1.00. The molecule has 0 aliphatic carbocycles. The number of benzene rings is 1. The van der Waals surface area contributed by atoms with Gasteiger partial charge >= 0.3 is 0 Å². The van der Waals surface area contributed by atoms with Crippen molar-refractivity contribution in [3.63, 3.8) is 0 Å². The predicted octanol–water partition coefficient (Wildman–Crippen LogP) is 1.45. The van der Waals surface area contributed by atoms with Crippen LogP contribution in [-0.4, -0.2) is 11.0 Å². The molecule has 0 amide bonds. The van der Waals surface area contributed by atoms with Crippen LogP contribution in [0.4, 0.5) is 8.78 Å². The fraction of sp³-hybridized carbons (Fsp3) is 0.333. The van der Waals surface area contributed by atoms with E-state index in [1.54, 1.807) is 18.2 Å². The molecule has 3 N–H and O–H groups in total. The molecular weight excluding hydrogens is 176 g/mol. The lowest BCUT2D eigenvalue weighted by atomic mass is 9.98. The van der Waals surface area contributed by atoms with Gasteiger partial charge in [-0.15, -0.1) is 0 Å². The lowest BCUT2D eigenvalue weighted by molar-refractivity contribution is -0.172. The summed E-state index contributed by atoms with van der Waals surface area (Å²) >= 11 is 0. The van der Waals surface area contributed by atoms with Gasteiger partial charge in [0.2, 0.25) is 5.72 Å². The van der Waals surface area contributed by atoms with E-state index in [2.05, 4.69) is 0 Å². The second-order valence-corrected chi connectivity index (χ2v) is 3.02. The van der Waals surface area contributed by atoms with Gasteiger partial charge in [-0.1, -0.05) is 30.3 Å². The molecule has 1 aromatic rings. The molecule has 0 saturated carbocycles. The van der Waals surface area contributed by atoms with Crippen molar-refractivity contribution in [2.24, 2.45) is 5.73 Å². The zero-order valence-corrected chi connectivity index (χ0v) is 7.17. The number of aliphatic hydroxyl groups is 1. The summed E-state index contributed by atoms with van der Waals surface area (Å²) in [6.45, 7) is 0.583. The molecule has 0 radical (unpaired) electrons. The number of alkyl halides is 2. The highest BCUT2D eigenvalue weighted by atomic mass is 19.3. The fourth-order valence-corrected chi connectivity index (χ4v) is 0.946. The Morgan fingerprint density at radius 3 is 2.08 bits per heavy atom. The number of hydrogen-bond acceptors (Lipinski definition) is 2. The third-order valence-electron chi connectivity index (χ3n) is 1.88. The first-order chi connectivity index (χ1) is 5.86. The minimum Gasteiger partial charge on any atom is -0.367 e. The van der Waals surface area contributed by atoms with Gasteiger partial charge in [0.25, 0.3) is 5.92 Å². The van der Waals surface area contributed by atoms with E-state index in [0.717, 1.165) is 0 Å². The third kappa shape index (κ3) is 1.84. The molecule has 4 heteroatoms. The predicted molar refractivity (Wildman–Crippen MR) is 45.1 cm³/mol. The highest BCUT2D eigenvalue weighted by Crippen LogP contribution is 2.32. The summed E-state index contributed by atoms with van der Waals surface area (Å²) < 4.78 is 25.6. The Labute approximate surface area is 75.0 Å². The van der Waals surface area contributed by atoms with Gasteiger partial charge in [-0.25, -0.2) is 8.78 Å². The van der Waals surface area contributed by atoms with E-state index < -0.39 is 11.6 Å². The topological polar surface area (TPSA) is 46.2 Å². The minimum absolute atomic E-state index is 0.00231. The smallest absolute Gasteiger partial charge is 0.290 e. The summed E-state index contributed by atoms with van der Waals surface area (Å²) in [4.78, 5) is 0. The molecule has 72 valence electrons. The van der Waals surface area contributed by atoms with Gasteiger partial charge in [-0.3, -0.25) is 5.73 Å². The van der Waals surface area contributed by atoms with Gasteiger partial charge in [0.1, 0.15) is 0 Å². The SMILES string of the molecule is CC(F)(F)C(N)(O)c1ccccc1. The average molecular weight is 187 g/mol. The van der Waals surface area contributed by atoms with E-state index in [1.807, 2.05) is 0 Å². The molecular formula is C9H11F2NO. The van der Waals surface area contributed by atoms with Crippen LogP contribution in [0.2, 0.25) is 0 Å². The second-order valence-electron chi connectivity index (χ2n) is 3.02. The summed E-state index contributed by atoms with van der Waals surface area (Å²) in [7, 11) is 0. The Morgan fingerprint density at radius 1 is 1.23 bits per heavy atom. The van der Waals surface area contributed by atoms with Crippen molar-refractivity contribution >= 4 is 0 Å². The fourth-order valence-electron chi connectivity index (χ4n) is 0.946. The molecule has 13 heavy (non-hydrogen) atoms. The lowest BCUT2D eigenvalue weighted by Crippen LogP contribution is -2.51. The summed E-state index contributed by atoms with van der Waals surface area (Å²) in [5.74, 6) is -3.37. The molecule has 1 aromatic carbocycles. The van der Waals surface area contributed by atoms with Gasteiger partial charge in [-0.05, 0) is 0 Å². The monoisotopic (exact) mass is 187 g/mol. The van der Waals surface area contributed by atoms with Crippen LogP contribution in [0.5, 0.6) is 0 Å². The van der Waals surface area contributed by atoms with Crippen LogP contribution >= 0.6 is 0 Å². The summed E-state index contributed by atoms with van der Waals surface area (Å²) in [5.41, 5.74) is 2.52. The maximum absolute atomic E-state index is 12.8.